The van der Waals surface area contributed by atoms with E-state index in [1.165, 1.54) is 0 Å². The summed E-state index contributed by atoms with van der Waals surface area (Å²) in [4.78, 5) is 8.91. The number of hydrogen-bond acceptors (Lipinski definition) is 4. The van der Waals surface area contributed by atoms with Gasteiger partial charge in [0.05, 0.1) is 5.02 Å². The molecule has 106 valence electrons. The number of aromatic nitrogens is 2. The monoisotopic (exact) mass is 291 g/mol. The Morgan fingerprint density at radius 1 is 1.15 bits per heavy atom. The van der Waals surface area contributed by atoms with Gasteiger partial charge < -0.3 is 10.1 Å². The molecule has 0 atom stereocenters. The molecule has 1 aromatic carbocycles. The Morgan fingerprint density at radius 3 is 2.45 bits per heavy atom. The maximum absolute atomic E-state index is 6.09. The molecule has 1 aromatic heterocycles. The van der Waals surface area contributed by atoms with Crippen LogP contribution in [0.5, 0.6) is 11.6 Å². The van der Waals surface area contributed by atoms with E-state index in [0.717, 1.165) is 0 Å². The summed E-state index contributed by atoms with van der Waals surface area (Å²) in [5.74, 6) is 2.48. The van der Waals surface area contributed by atoms with Crippen molar-refractivity contribution < 1.29 is 4.74 Å². The van der Waals surface area contributed by atoms with Gasteiger partial charge in [0, 0.05) is 18.5 Å². The van der Waals surface area contributed by atoms with Gasteiger partial charge in [-0.3, -0.25) is 0 Å². The third-order valence-electron chi connectivity index (χ3n) is 2.68. The lowest BCUT2D eigenvalue weighted by atomic mass is 9.96. The number of para-hydroxylation sites is 1. The highest BCUT2D eigenvalue weighted by molar-refractivity contribution is 6.32. The van der Waals surface area contributed by atoms with Gasteiger partial charge in [0.2, 0.25) is 5.88 Å². The lowest BCUT2D eigenvalue weighted by Crippen LogP contribution is -2.17. The fraction of sp³-hybridized carbons (Fsp3) is 0.333. The molecular weight excluding hydrogens is 274 g/mol. The summed E-state index contributed by atoms with van der Waals surface area (Å²) in [5.41, 5.74) is -0.161. The first-order valence-corrected chi connectivity index (χ1v) is 6.77. The van der Waals surface area contributed by atoms with Gasteiger partial charge >= 0.3 is 0 Å². The zero-order chi connectivity index (χ0) is 14.8. The predicted octanol–water partition coefficient (Wildman–Crippen LogP) is 4.26. The number of halogens is 1. The summed E-state index contributed by atoms with van der Waals surface area (Å²) in [7, 11) is 1.81. The van der Waals surface area contributed by atoms with Crippen LogP contribution in [0.15, 0.2) is 30.3 Å². The quantitative estimate of drug-likeness (QED) is 0.918. The molecule has 1 N–H and O–H groups in total. The van der Waals surface area contributed by atoms with E-state index in [1.807, 2.05) is 19.2 Å². The fourth-order valence-corrected chi connectivity index (χ4v) is 1.76. The minimum absolute atomic E-state index is 0.161. The molecule has 0 spiro atoms. The Hall–Kier alpha value is -1.81. The molecule has 5 heteroatoms. The zero-order valence-corrected chi connectivity index (χ0v) is 12.8. The van der Waals surface area contributed by atoms with Crippen LogP contribution in [0.4, 0.5) is 5.82 Å². The Balaban J connectivity index is 2.39. The first kappa shape index (κ1) is 14.6. The van der Waals surface area contributed by atoms with Crippen molar-refractivity contribution in [2.45, 2.75) is 26.2 Å². The van der Waals surface area contributed by atoms with Crippen molar-refractivity contribution in [3.05, 3.63) is 41.2 Å². The number of rotatable bonds is 3. The fourth-order valence-electron chi connectivity index (χ4n) is 1.58. The van der Waals surface area contributed by atoms with Gasteiger partial charge in [-0.15, -0.1) is 0 Å². The Bertz CT molecular complexity index is 608. The summed E-state index contributed by atoms with van der Waals surface area (Å²) in [6.07, 6.45) is 0. The van der Waals surface area contributed by atoms with E-state index in [4.69, 9.17) is 16.3 Å². The third-order valence-corrected chi connectivity index (χ3v) is 2.99. The summed E-state index contributed by atoms with van der Waals surface area (Å²) >= 11 is 6.09. The highest BCUT2D eigenvalue weighted by Crippen LogP contribution is 2.30. The third kappa shape index (κ3) is 3.39. The van der Waals surface area contributed by atoms with Gasteiger partial charge in [-0.2, -0.15) is 4.98 Å². The maximum Gasteiger partial charge on any atom is 0.224 e. The average Bonchev–Trinajstić information content (AvgIpc) is 2.40. The second-order valence-corrected chi connectivity index (χ2v) is 5.85. The minimum atomic E-state index is -0.161. The molecule has 0 aliphatic carbocycles. The van der Waals surface area contributed by atoms with E-state index in [0.29, 0.717) is 28.3 Å². The van der Waals surface area contributed by atoms with Crippen LogP contribution in [0.3, 0.4) is 0 Å². The van der Waals surface area contributed by atoms with Crippen molar-refractivity contribution >= 4 is 17.4 Å². The molecule has 20 heavy (non-hydrogen) atoms. The van der Waals surface area contributed by atoms with Crippen molar-refractivity contribution in [2.75, 3.05) is 12.4 Å². The second kappa shape index (κ2) is 5.67. The number of anilines is 1. The van der Waals surface area contributed by atoms with Crippen LogP contribution < -0.4 is 10.1 Å². The minimum Gasteiger partial charge on any atom is -0.437 e. The normalized spacial score (nSPS) is 11.2. The molecule has 0 saturated carbocycles. The van der Waals surface area contributed by atoms with Crippen molar-refractivity contribution in [3.8, 4) is 11.6 Å². The molecule has 0 unspecified atom stereocenters. The highest BCUT2D eigenvalue weighted by Gasteiger charge is 2.19. The van der Waals surface area contributed by atoms with E-state index < -0.39 is 0 Å². The van der Waals surface area contributed by atoms with E-state index in [2.05, 4.69) is 36.1 Å². The van der Waals surface area contributed by atoms with Crippen LogP contribution >= 0.6 is 11.6 Å². The largest absolute Gasteiger partial charge is 0.437 e. The van der Waals surface area contributed by atoms with E-state index in [-0.39, 0.29) is 5.41 Å². The lowest BCUT2D eigenvalue weighted by molar-refractivity contribution is 0.446. The molecule has 1 heterocycles. The molecular formula is C15H18ClN3O. The predicted molar refractivity (Wildman–Crippen MR) is 81.8 cm³/mol. The van der Waals surface area contributed by atoms with Gasteiger partial charge in [0.1, 0.15) is 17.4 Å². The number of nitrogens with zero attached hydrogens (tertiary/aromatic N) is 2. The molecule has 0 amide bonds. The van der Waals surface area contributed by atoms with Crippen LogP contribution in [0.1, 0.15) is 26.6 Å². The van der Waals surface area contributed by atoms with Gasteiger partial charge in [-0.05, 0) is 12.1 Å². The molecule has 0 fully saturated rings. The van der Waals surface area contributed by atoms with Crippen LogP contribution in [0.2, 0.25) is 5.02 Å². The topological polar surface area (TPSA) is 47.0 Å². The number of benzene rings is 1. The molecule has 0 aliphatic rings. The van der Waals surface area contributed by atoms with Gasteiger partial charge in [0.15, 0.2) is 0 Å². The Labute approximate surface area is 124 Å². The maximum atomic E-state index is 6.09. The van der Waals surface area contributed by atoms with Gasteiger partial charge in [-0.1, -0.05) is 44.5 Å². The van der Waals surface area contributed by atoms with E-state index in [1.54, 1.807) is 18.2 Å². The van der Waals surface area contributed by atoms with E-state index >= 15 is 0 Å². The second-order valence-electron chi connectivity index (χ2n) is 5.45. The molecule has 0 aliphatic heterocycles. The van der Waals surface area contributed by atoms with Crippen LogP contribution in [-0.4, -0.2) is 17.0 Å². The number of hydrogen-bond donors (Lipinski definition) is 1. The molecule has 0 bridgehead atoms. The van der Waals surface area contributed by atoms with Crippen LogP contribution in [-0.2, 0) is 5.41 Å². The van der Waals surface area contributed by atoms with Gasteiger partial charge in [-0.25, -0.2) is 4.98 Å². The highest BCUT2D eigenvalue weighted by atomic mass is 35.5. The smallest absolute Gasteiger partial charge is 0.224 e. The zero-order valence-electron chi connectivity index (χ0n) is 12.1. The summed E-state index contributed by atoms with van der Waals surface area (Å²) in [6, 6.07) is 9.06. The van der Waals surface area contributed by atoms with Crippen molar-refractivity contribution in [2.24, 2.45) is 0 Å². The lowest BCUT2D eigenvalue weighted by Gasteiger charge is -2.18. The standard InChI is InChI=1S/C15H18ClN3O/c1-15(2,3)14-18-12(17-4)9-13(19-14)20-11-8-6-5-7-10(11)16/h5-9H,1-4H3,(H,17,18,19). The van der Waals surface area contributed by atoms with Crippen LogP contribution in [0.25, 0.3) is 0 Å². The van der Waals surface area contributed by atoms with Crippen molar-refractivity contribution in [1.29, 1.82) is 0 Å². The molecule has 0 radical (unpaired) electrons. The first-order valence-electron chi connectivity index (χ1n) is 6.40. The summed E-state index contributed by atoms with van der Waals surface area (Å²) in [6.45, 7) is 6.17. The SMILES string of the molecule is CNc1cc(Oc2ccccc2Cl)nc(C(C)(C)C)n1. The Morgan fingerprint density at radius 2 is 1.85 bits per heavy atom. The number of ether oxygens (including phenoxy) is 1. The van der Waals surface area contributed by atoms with E-state index in [9.17, 15) is 0 Å². The van der Waals surface area contributed by atoms with Crippen molar-refractivity contribution in [3.63, 3.8) is 0 Å². The molecule has 0 saturated heterocycles. The van der Waals surface area contributed by atoms with Crippen LogP contribution in [0, 0.1) is 0 Å². The number of nitrogens with one attached hydrogen (secondary N) is 1. The summed E-state index contributed by atoms with van der Waals surface area (Å²) < 4.78 is 5.76. The summed E-state index contributed by atoms with van der Waals surface area (Å²) in [5, 5.41) is 3.57. The van der Waals surface area contributed by atoms with Gasteiger partial charge in [0.25, 0.3) is 0 Å². The molecule has 2 rings (SSSR count). The average molecular weight is 292 g/mol. The first-order chi connectivity index (χ1) is 9.40. The molecule has 4 nitrogen and oxygen atoms in total. The Kier molecular flexibility index (Phi) is 4.14. The van der Waals surface area contributed by atoms with Crippen molar-refractivity contribution in [1.82, 2.24) is 9.97 Å². The molecule has 2 aromatic rings.